The maximum absolute atomic E-state index is 5.42. The third kappa shape index (κ3) is 6.26. The molecule has 3 nitrogen and oxygen atoms in total. The molecule has 2 aromatic heterocycles. The lowest BCUT2D eigenvalue weighted by atomic mass is 9.93. The number of hydrogen-bond donors (Lipinski definition) is 0. The van der Waals surface area contributed by atoms with Gasteiger partial charge in [0.25, 0.3) is 0 Å². The van der Waals surface area contributed by atoms with Gasteiger partial charge in [0.15, 0.2) is 0 Å². The van der Waals surface area contributed by atoms with Crippen molar-refractivity contribution in [2.24, 2.45) is 0 Å². The molecule has 0 saturated heterocycles. The highest BCUT2D eigenvalue weighted by Gasteiger charge is 2.18. The van der Waals surface area contributed by atoms with Crippen LogP contribution in [-0.4, -0.2) is 9.97 Å². The van der Waals surface area contributed by atoms with Crippen LogP contribution in [0.5, 0.6) is 0 Å². The Kier molecular flexibility index (Phi) is 8.49. The first-order chi connectivity index (χ1) is 29.2. The number of hydrogen-bond acceptors (Lipinski definition) is 3. The van der Waals surface area contributed by atoms with E-state index in [4.69, 9.17) is 9.97 Å². The third-order valence-corrected chi connectivity index (χ3v) is 11.4. The molecule has 0 atom stereocenters. The molecular weight excluding hydrogens is 715 g/mol. The molecule has 0 N–H and O–H groups in total. The first-order valence-corrected chi connectivity index (χ1v) is 20.1. The van der Waals surface area contributed by atoms with E-state index in [2.05, 4.69) is 229 Å². The van der Waals surface area contributed by atoms with Crippen LogP contribution >= 0.6 is 0 Å². The van der Waals surface area contributed by atoms with E-state index in [0.29, 0.717) is 0 Å². The minimum absolute atomic E-state index is 0.933. The highest BCUT2D eigenvalue weighted by molar-refractivity contribution is 6.23. The first-order valence-electron chi connectivity index (χ1n) is 20.1. The number of rotatable bonds is 7. The fourth-order valence-corrected chi connectivity index (χ4v) is 8.56. The molecule has 3 heteroatoms. The Morgan fingerprint density at radius 1 is 0.305 bits per heavy atom. The largest absolute Gasteiger partial charge is 0.311 e. The van der Waals surface area contributed by atoms with Crippen LogP contribution < -0.4 is 4.90 Å². The Hall–Kier alpha value is -7.88. The van der Waals surface area contributed by atoms with Gasteiger partial charge in [-0.1, -0.05) is 164 Å². The van der Waals surface area contributed by atoms with Crippen molar-refractivity contribution in [1.82, 2.24) is 9.97 Å². The fraction of sp³-hybridized carbons (Fsp3) is 0. The van der Waals surface area contributed by atoms with Crippen molar-refractivity contribution in [2.45, 2.75) is 0 Å². The van der Waals surface area contributed by atoms with Crippen LogP contribution in [0.4, 0.5) is 17.1 Å². The first kappa shape index (κ1) is 34.4. The lowest BCUT2D eigenvalue weighted by Crippen LogP contribution is -2.09. The van der Waals surface area contributed by atoms with Gasteiger partial charge in [-0.15, -0.1) is 0 Å². The molecule has 0 aliphatic rings. The number of aromatic nitrogens is 2. The SMILES string of the molecule is c1ccc(-c2ccc(-c3cc(-c4ccc5nc(-c6ccc(N(c7ccccc7)c7ccccc7)cc6)c6ccc7ccccc7c6c5c4)nc4ccccc34)cc2)cc1. The van der Waals surface area contributed by atoms with Gasteiger partial charge in [-0.3, -0.25) is 0 Å². The van der Waals surface area contributed by atoms with Gasteiger partial charge in [0, 0.05) is 49.7 Å². The number of pyridine rings is 2. The minimum atomic E-state index is 0.933. The van der Waals surface area contributed by atoms with Crippen LogP contribution in [0.3, 0.4) is 0 Å². The van der Waals surface area contributed by atoms with E-state index in [1.807, 2.05) is 0 Å². The highest BCUT2D eigenvalue weighted by atomic mass is 15.1. The van der Waals surface area contributed by atoms with E-state index >= 15 is 0 Å². The van der Waals surface area contributed by atoms with Gasteiger partial charge in [-0.05, 0) is 93.7 Å². The molecule has 0 bridgehead atoms. The number of benzene rings is 9. The molecule has 0 aliphatic carbocycles. The molecule has 0 aliphatic heterocycles. The molecule has 0 spiro atoms. The summed E-state index contributed by atoms with van der Waals surface area (Å²) in [5, 5.41) is 6.96. The molecule has 276 valence electrons. The Labute approximate surface area is 343 Å². The number of anilines is 3. The van der Waals surface area contributed by atoms with Gasteiger partial charge in [0.05, 0.1) is 22.4 Å². The van der Waals surface area contributed by atoms with Crippen molar-refractivity contribution < 1.29 is 0 Å². The van der Waals surface area contributed by atoms with Crippen LogP contribution in [-0.2, 0) is 0 Å². The fourth-order valence-electron chi connectivity index (χ4n) is 8.56. The molecule has 11 rings (SSSR count). The zero-order chi connectivity index (χ0) is 39.1. The summed E-state index contributed by atoms with van der Waals surface area (Å²) in [4.78, 5) is 13.0. The summed E-state index contributed by atoms with van der Waals surface area (Å²) in [6.45, 7) is 0. The Bertz CT molecular complexity index is 3250. The zero-order valence-electron chi connectivity index (χ0n) is 32.2. The van der Waals surface area contributed by atoms with Gasteiger partial charge in [-0.2, -0.15) is 0 Å². The topological polar surface area (TPSA) is 29.0 Å². The summed E-state index contributed by atoms with van der Waals surface area (Å²) < 4.78 is 0. The van der Waals surface area contributed by atoms with Crippen molar-refractivity contribution in [3.8, 4) is 44.8 Å². The van der Waals surface area contributed by atoms with Crippen molar-refractivity contribution in [1.29, 1.82) is 0 Å². The molecular formula is C56H37N3. The quantitative estimate of drug-likeness (QED) is 0.152. The van der Waals surface area contributed by atoms with Gasteiger partial charge < -0.3 is 4.90 Å². The summed E-state index contributed by atoms with van der Waals surface area (Å²) >= 11 is 0. The van der Waals surface area contributed by atoms with Crippen LogP contribution in [0.1, 0.15) is 0 Å². The van der Waals surface area contributed by atoms with E-state index in [0.717, 1.165) is 77.9 Å². The van der Waals surface area contributed by atoms with Crippen LogP contribution in [0, 0.1) is 0 Å². The molecule has 0 fully saturated rings. The standard InChI is InChI=1S/C56H37N3/c1-4-14-38(15-5-1)39-24-26-41(27-25-39)50-37-54(57-52-23-13-12-22-48(50)52)43-31-35-53-51(36-43)55-47-21-11-10-16-40(47)30-34-49(55)56(58-53)42-28-32-46(33-29-42)59(44-17-6-2-7-18-44)45-19-8-3-9-20-45/h1-37H. The zero-order valence-corrected chi connectivity index (χ0v) is 32.2. The lowest BCUT2D eigenvalue weighted by Gasteiger charge is -2.25. The molecule has 0 unspecified atom stereocenters. The summed E-state index contributed by atoms with van der Waals surface area (Å²) in [6.07, 6.45) is 0. The lowest BCUT2D eigenvalue weighted by molar-refractivity contribution is 1.28. The van der Waals surface area contributed by atoms with Crippen molar-refractivity contribution in [3.63, 3.8) is 0 Å². The average molecular weight is 752 g/mol. The molecule has 0 saturated carbocycles. The van der Waals surface area contributed by atoms with Gasteiger partial charge in [0.2, 0.25) is 0 Å². The van der Waals surface area contributed by atoms with Gasteiger partial charge >= 0.3 is 0 Å². The van der Waals surface area contributed by atoms with E-state index in [1.165, 1.54) is 27.3 Å². The van der Waals surface area contributed by atoms with Crippen molar-refractivity contribution in [3.05, 3.63) is 224 Å². The second-order valence-electron chi connectivity index (χ2n) is 15.0. The Morgan fingerprint density at radius 3 is 1.58 bits per heavy atom. The monoisotopic (exact) mass is 751 g/mol. The van der Waals surface area contributed by atoms with Gasteiger partial charge in [-0.25, -0.2) is 9.97 Å². The molecule has 59 heavy (non-hydrogen) atoms. The van der Waals surface area contributed by atoms with Crippen LogP contribution in [0.25, 0.3) is 88.1 Å². The summed E-state index contributed by atoms with van der Waals surface area (Å²) in [7, 11) is 0. The van der Waals surface area contributed by atoms with E-state index in [1.54, 1.807) is 0 Å². The maximum atomic E-state index is 5.42. The molecule has 0 radical (unpaired) electrons. The third-order valence-electron chi connectivity index (χ3n) is 11.4. The minimum Gasteiger partial charge on any atom is -0.311 e. The number of nitrogens with zero attached hydrogens (tertiary/aromatic N) is 3. The molecule has 11 aromatic rings. The van der Waals surface area contributed by atoms with E-state index in [-0.39, 0.29) is 0 Å². The van der Waals surface area contributed by atoms with E-state index in [9.17, 15) is 0 Å². The second kappa shape index (κ2) is 14.6. The second-order valence-corrected chi connectivity index (χ2v) is 15.0. The molecule has 9 aromatic carbocycles. The van der Waals surface area contributed by atoms with E-state index < -0.39 is 0 Å². The van der Waals surface area contributed by atoms with Crippen molar-refractivity contribution in [2.75, 3.05) is 4.90 Å². The number of para-hydroxylation sites is 3. The summed E-state index contributed by atoms with van der Waals surface area (Å²) in [5.41, 5.74) is 14.0. The summed E-state index contributed by atoms with van der Waals surface area (Å²) in [6, 6.07) is 79.8. The Balaban J connectivity index is 1.05. The van der Waals surface area contributed by atoms with Crippen LogP contribution in [0.2, 0.25) is 0 Å². The van der Waals surface area contributed by atoms with Crippen LogP contribution in [0.15, 0.2) is 224 Å². The molecule has 2 heterocycles. The number of fused-ring (bicyclic) bond motifs is 6. The van der Waals surface area contributed by atoms with Gasteiger partial charge in [0.1, 0.15) is 0 Å². The normalized spacial score (nSPS) is 11.4. The average Bonchev–Trinajstić information content (AvgIpc) is 3.32. The van der Waals surface area contributed by atoms with Crippen molar-refractivity contribution >= 4 is 60.4 Å². The Morgan fingerprint density at radius 2 is 0.847 bits per heavy atom. The smallest absolute Gasteiger partial charge is 0.0788 e. The maximum Gasteiger partial charge on any atom is 0.0788 e. The highest BCUT2D eigenvalue weighted by Crippen LogP contribution is 2.41. The molecule has 0 amide bonds. The predicted octanol–water partition coefficient (Wildman–Crippen LogP) is 15.2. The summed E-state index contributed by atoms with van der Waals surface area (Å²) in [5.74, 6) is 0. The predicted molar refractivity (Wildman–Crippen MR) is 248 cm³/mol.